The minimum Gasteiger partial charge on any atom is -0.325 e. The minimum atomic E-state index is -3.79. The Morgan fingerprint density at radius 1 is 1.15 bits per heavy atom. The summed E-state index contributed by atoms with van der Waals surface area (Å²) in [5, 5.41) is 16.7. The van der Waals surface area contributed by atoms with Crippen molar-refractivity contribution in [2.45, 2.75) is 55.0 Å². The van der Waals surface area contributed by atoms with Crippen molar-refractivity contribution < 1.29 is 13.2 Å². The number of thioether (sulfide) groups is 1. The van der Waals surface area contributed by atoms with Crippen LogP contribution in [0.3, 0.4) is 0 Å². The van der Waals surface area contributed by atoms with Crippen molar-refractivity contribution in [2.75, 3.05) is 5.32 Å². The number of anilines is 1. The molecule has 8 nitrogen and oxygen atoms in total. The van der Waals surface area contributed by atoms with E-state index in [-0.39, 0.29) is 16.2 Å². The second kappa shape index (κ2) is 10.1. The van der Waals surface area contributed by atoms with Crippen LogP contribution in [0.25, 0.3) is 11.4 Å². The predicted molar refractivity (Wildman–Crippen MR) is 136 cm³/mol. The molecular weight excluding hydrogens is 470 g/mol. The molecule has 0 aliphatic heterocycles. The number of nitrogens with zero attached hydrogens (tertiary/aromatic N) is 3. The third-order valence-corrected chi connectivity index (χ3v) is 7.15. The molecule has 0 aliphatic carbocycles. The smallest absolute Gasteiger partial charge is 0.238 e. The van der Waals surface area contributed by atoms with Crippen molar-refractivity contribution in [3.8, 4) is 11.4 Å². The molecule has 0 radical (unpaired) electrons. The van der Waals surface area contributed by atoms with Gasteiger partial charge in [0.1, 0.15) is 0 Å². The van der Waals surface area contributed by atoms with Gasteiger partial charge < -0.3 is 5.32 Å². The Morgan fingerprint density at radius 2 is 1.76 bits per heavy atom. The van der Waals surface area contributed by atoms with E-state index < -0.39 is 15.3 Å². The number of carbonyl (C=O) groups is 1. The van der Waals surface area contributed by atoms with Crippen molar-refractivity contribution >= 4 is 33.4 Å². The highest BCUT2D eigenvalue weighted by Gasteiger charge is 2.21. The Hall–Kier alpha value is -2.95. The summed E-state index contributed by atoms with van der Waals surface area (Å²) in [6, 6.07) is 13.9. The fourth-order valence-electron chi connectivity index (χ4n) is 3.19. The molecule has 0 saturated carbocycles. The van der Waals surface area contributed by atoms with E-state index in [0.717, 1.165) is 5.56 Å². The van der Waals surface area contributed by atoms with Gasteiger partial charge in [-0.3, -0.25) is 9.36 Å². The summed E-state index contributed by atoms with van der Waals surface area (Å²) in [7, 11) is -3.79. The van der Waals surface area contributed by atoms with Crippen molar-refractivity contribution in [3.63, 3.8) is 0 Å². The van der Waals surface area contributed by atoms with Crippen LogP contribution in [0, 0.1) is 0 Å². The van der Waals surface area contributed by atoms with Gasteiger partial charge in [-0.2, -0.15) is 0 Å². The number of benzene rings is 2. The molecular formula is C24H29N5O3S2. The van der Waals surface area contributed by atoms with E-state index in [9.17, 15) is 13.2 Å². The Morgan fingerprint density at radius 3 is 2.29 bits per heavy atom. The summed E-state index contributed by atoms with van der Waals surface area (Å²) in [4.78, 5) is 12.7. The van der Waals surface area contributed by atoms with Gasteiger partial charge in [-0.15, -0.1) is 16.8 Å². The monoisotopic (exact) mass is 499 g/mol. The molecule has 10 heteroatoms. The van der Waals surface area contributed by atoms with Crippen LogP contribution >= 0.6 is 11.8 Å². The van der Waals surface area contributed by atoms with E-state index in [1.165, 1.54) is 41.6 Å². The first kappa shape index (κ1) is 25.7. The van der Waals surface area contributed by atoms with Crippen LogP contribution in [-0.2, 0) is 26.8 Å². The lowest BCUT2D eigenvalue weighted by molar-refractivity contribution is -0.115. The molecule has 3 aromatic rings. The molecule has 1 heterocycles. The van der Waals surface area contributed by atoms with E-state index in [1.54, 1.807) is 13.0 Å². The van der Waals surface area contributed by atoms with Gasteiger partial charge in [-0.1, -0.05) is 62.9 Å². The highest BCUT2D eigenvalue weighted by Crippen LogP contribution is 2.29. The van der Waals surface area contributed by atoms with Crippen LogP contribution in [0.15, 0.2) is 71.2 Å². The van der Waals surface area contributed by atoms with E-state index in [1.807, 2.05) is 16.7 Å². The maximum Gasteiger partial charge on any atom is 0.238 e. The standard InChI is InChI=1S/C24H29N5O3S2/c1-6-15-29-21(17-7-9-18(10-8-17)24(3,4)5)27-28-23(29)33-16(2)22(30)26-19-11-13-20(14-12-19)34(25,31)32/h6-14,16H,1,15H2,2-5H3,(H,26,30)(H2,25,31,32). The van der Waals surface area contributed by atoms with Crippen LogP contribution in [0.1, 0.15) is 33.3 Å². The molecule has 1 aromatic heterocycles. The number of amides is 1. The SMILES string of the molecule is C=CCn1c(SC(C)C(=O)Nc2ccc(S(N)(=O)=O)cc2)nnc1-c1ccc(C(C)(C)C)cc1. The van der Waals surface area contributed by atoms with E-state index in [4.69, 9.17) is 5.14 Å². The van der Waals surface area contributed by atoms with Crippen LogP contribution < -0.4 is 10.5 Å². The van der Waals surface area contributed by atoms with Gasteiger partial charge in [0, 0.05) is 17.8 Å². The summed E-state index contributed by atoms with van der Waals surface area (Å²) >= 11 is 1.28. The number of rotatable bonds is 8. The number of primary sulfonamides is 1. The average molecular weight is 500 g/mol. The number of aromatic nitrogens is 3. The molecule has 0 fully saturated rings. The Bertz CT molecular complexity index is 1280. The van der Waals surface area contributed by atoms with Gasteiger partial charge in [-0.25, -0.2) is 13.6 Å². The lowest BCUT2D eigenvalue weighted by Crippen LogP contribution is -2.23. The summed E-state index contributed by atoms with van der Waals surface area (Å²) in [6.45, 7) is 12.6. The largest absolute Gasteiger partial charge is 0.325 e. The number of hydrogen-bond donors (Lipinski definition) is 2. The fourth-order valence-corrected chi connectivity index (χ4v) is 4.56. The highest BCUT2D eigenvalue weighted by molar-refractivity contribution is 8.00. The second-order valence-electron chi connectivity index (χ2n) is 8.85. The van der Waals surface area contributed by atoms with Crippen molar-refractivity contribution in [2.24, 2.45) is 5.14 Å². The van der Waals surface area contributed by atoms with Gasteiger partial charge in [-0.05, 0) is 42.2 Å². The summed E-state index contributed by atoms with van der Waals surface area (Å²) in [5.74, 6) is 0.451. The van der Waals surface area contributed by atoms with Gasteiger partial charge in [0.25, 0.3) is 0 Å². The number of sulfonamides is 1. The zero-order valence-corrected chi connectivity index (χ0v) is 21.3. The van der Waals surface area contributed by atoms with Gasteiger partial charge in [0.2, 0.25) is 15.9 Å². The van der Waals surface area contributed by atoms with Crippen molar-refractivity contribution in [3.05, 3.63) is 66.7 Å². The van der Waals surface area contributed by atoms with E-state index in [2.05, 4.69) is 55.0 Å². The molecule has 0 aliphatic rings. The molecule has 0 spiro atoms. The third kappa shape index (κ3) is 6.13. The topological polar surface area (TPSA) is 120 Å². The molecule has 1 unspecified atom stereocenters. The molecule has 1 atom stereocenters. The van der Waals surface area contributed by atoms with Gasteiger partial charge in [0.15, 0.2) is 11.0 Å². The first-order valence-corrected chi connectivity index (χ1v) is 13.1. The lowest BCUT2D eigenvalue weighted by Gasteiger charge is -2.19. The van der Waals surface area contributed by atoms with Crippen LogP contribution in [0.4, 0.5) is 5.69 Å². The molecule has 3 rings (SSSR count). The Kier molecular flexibility index (Phi) is 7.64. The summed E-state index contributed by atoms with van der Waals surface area (Å²) in [5.41, 5.74) is 2.68. The maximum atomic E-state index is 12.7. The van der Waals surface area contributed by atoms with Crippen molar-refractivity contribution in [1.82, 2.24) is 14.8 Å². The molecule has 0 saturated heterocycles. The normalized spacial score (nSPS) is 12.9. The lowest BCUT2D eigenvalue weighted by atomic mass is 9.87. The molecule has 34 heavy (non-hydrogen) atoms. The summed E-state index contributed by atoms with van der Waals surface area (Å²) in [6.07, 6.45) is 1.76. The maximum absolute atomic E-state index is 12.7. The molecule has 1 amide bonds. The average Bonchev–Trinajstić information content (AvgIpc) is 3.15. The number of nitrogens with two attached hydrogens (primary N) is 1. The fraction of sp³-hybridized carbons (Fsp3) is 0.292. The predicted octanol–water partition coefficient (Wildman–Crippen LogP) is 4.20. The number of nitrogens with one attached hydrogen (secondary N) is 1. The zero-order valence-electron chi connectivity index (χ0n) is 19.6. The van der Waals surface area contributed by atoms with Crippen LogP contribution in [0.5, 0.6) is 0 Å². The summed E-state index contributed by atoms with van der Waals surface area (Å²) < 4.78 is 24.7. The molecule has 2 aromatic carbocycles. The first-order chi connectivity index (χ1) is 15.9. The quantitative estimate of drug-likeness (QED) is 0.354. The van der Waals surface area contributed by atoms with Gasteiger partial charge >= 0.3 is 0 Å². The minimum absolute atomic E-state index is 0.0199. The Balaban J connectivity index is 1.76. The number of allylic oxidation sites excluding steroid dienone is 1. The molecule has 180 valence electrons. The van der Waals surface area contributed by atoms with Gasteiger partial charge in [0.05, 0.1) is 10.1 Å². The number of carbonyl (C=O) groups excluding carboxylic acids is 1. The zero-order chi connectivity index (χ0) is 25.1. The third-order valence-electron chi connectivity index (χ3n) is 5.14. The Labute approximate surface area is 204 Å². The van der Waals surface area contributed by atoms with E-state index in [0.29, 0.717) is 23.2 Å². The second-order valence-corrected chi connectivity index (χ2v) is 11.7. The van der Waals surface area contributed by atoms with Crippen molar-refractivity contribution in [1.29, 1.82) is 0 Å². The molecule has 0 bridgehead atoms. The van der Waals surface area contributed by atoms with Crippen LogP contribution in [0.2, 0.25) is 0 Å². The number of hydrogen-bond acceptors (Lipinski definition) is 6. The first-order valence-electron chi connectivity index (χ1n) is 10.7. The van der Waals surface area contributed by atoms with E-state index >= 15 is 0 Å². The van der Waals surface area contributed by atoms with Crippen LogP contribution in [-0.4, -0.2) is 34.3 Å². The molecule has 3 N–H and O–H groups in total. The highest BCUT2D eigenvalue weighted by atomic mass is 32.2.